The zero-order valence-corrected chi connectivity index (χ0v) is 19.6. The van der Waals surface area contributed by atoms with Crippen LogP contribution in [0.15, 0.2) is 12.2 Å². The second kappa shape index (κ2) is 11.0. The standard InChI is InChI=1S/C23H36O4Si/c1-8-25-21(26-9-2)17-12-10-11-14-18-23(19-15-13-16-20(23)24)27-28(6,7)22(3,4)5/h10-11,21H,8-9,13,15-16,19H2,1-7H3/b11-10-. The van der Waals surface area contributed by atoms with Gasteiger partial charge in [-0.3, -0.25) is 4.79 Å². The molecule has 0 amide bonds. The Morgan fingerprint density at radius 2 is 1.71 bits per heavy atom. The molecule has 5 heteroatoms. The summed E-state index contributed by atoms with van der Waals surface area (Å²) in [7, 11) is -2.12. The van der Waals surface area contributed by atoms with Gasteiger partial charge >= 0.3 is 0 Å². The van der Waals surface area contributed by atoms with Gasteiger partial charge in [0.2, 0.25) is 6.29 Å². The number of ketones is 1. The fourth-order valence-corrected chi connectivity index (χ4v) is 4.09. The molecule has 0 aromatic rings. The van der Waals surface area contributed by atoms with Gasteiger partial charge in [0, 0.05) is 19.6 Å². The third-order valence-corrected chi connectivity index (χ3v) is 9.70. The van der Waals surface area contributed by atoms with Crippen LogP contribution in [0.5, 0.6) is 0 Å². The van der Waals surface area contributed by atoms with Gasteiger partial charge in [0.1, 0.15) is 0 Å². The van der Waals surface area contributed by atoms with Crippen LogP contribution in [0.25, 0.3) is 0 Å². The second-order valence-electron chi connectivity index (χ2n) is 8.45. The van der Waals surface area contributed by atoms with Crippen LogP contribution in [0.1, 0.15) is 60.3 Å². The van der Waals surface area contributed by atoms with Gasteiger partial charge in [0.05, 0.1) is 0 Å². The van der Waals surface area contributed by atoms with Crippen molar-refractivity contribution in [3.05, 3.63) is 12.2 Å². The van der Waals surface area contributed by atoms with Crippen molar-refractivity contribution in [1.82, 2.24) is 0 Å². The highest BCUT2D eigenvalue weighted by molar-refractivity contribution is 6.74. The van der Waals surface area contributed by atoms with Crippen LogP contribution in [0.3, 0.4) is 0 Å². The van der Waals surface area contributed by atoms with Gasteiger partial charge in [0.15, 0.2) is 19.7 Å². The number of hydrogen-bond donors (Lipinski definition) is 0. The molecule has 0 aliphatic heterocycles. The third kappa shape index (κ3) is 7.22. The Balaban J connectivity index is 2.98. The van der Waals surface area contributed by atoms with Crippen LogP contribution >= 0.6 is 0 Å². The fraction of sp³-hybridized carbons (Fsp3) is 0.696. The monoisotopic (exact) mass is 404 g/mol. The first-order valence-electron chi connectivity index (χ1n) is 10.2. The number of hydrogen-bond acceptors (Lipinski definition) is 4. The summed E-state index contributed by atoms with van der Waals surface area (Å²) in [6.07, 6.45) is 5.88. The minimum absolute atomic E-state index is 0.0221. The zero-order chi connectivity index (χ0) is 21.3. The van der Waals surface area contributed by atoms with Crippen LogP contribution in [0, 0.1) is 23.7 Å². The minimum Gasteiger partial charge on any atom is -0.395 e. The molecule has 1 aliphatic rings. The summed E-state index contributed by atoms with van der Waals surface area (Å²) in [5.74, 6) is 12.0. The zero-order valence-electron chi connectivity index (χ0n) is 18.6. The maximum atomic E-state index is 12.8. The van der Waals surface area contributed by atoms with E-state index in [0.717, 1.165) is 12.8 Å². The van der Waals surface area contributed by atoms with Gasteiger partial charge < -0.3 is 13.9 Å². The highest BCUT2D eigenvalue weighted by Crippen LogP contribution is 2.41. The predicted octanol–water partition coefficient (Wildman–Crippen LogP) is 4.85. The highest BCUT2D eigenvalue weighted by Gasteiger charge is 2.48. The molecule has 0 saturated heterocycles. The number of ether oxygens (including phenoxy) is 2. The summed E-state index contributed by atoms with van der Waals surface area (Å²) in [6.45, 7) is 15.7. The van der Waals surface area contributed by atoms with Gasteiger partial charge in [-0.05, 0) is 69.3 Å². The Kier molecular flexibility index (Phi) is 9.67. The van der Waals surface area contributed by atoms with Crippen LogP contribution in [-0.4, -0.2) is 39.2 Å². The normalized spacial score (nSPS) is 20.6. The van der Waals surface area contributed by atoms with E-state index >= 15 is 0 Å². The largest absolute Gasteiger partial charge is 0.395 e. The summed E-state index contributed by atoms with van der Waals surface area (Å²) < 4.78 is 17.3. The summed E-state index contributed by atoms with van der Waals surface area (Å²) in [5.41, 5.74) is -0.974. The Bertz CT molecular complexity index is 661. The molecule has 1 saturated carbocycles. The van der Waals surface area contributed by atoms with Gasteiger partial charge in [-0.1, -0.05) is 38.5 Å². The van der Waals surface area contributed by atoms with Gasteiger partial charge in [0.25, 0.3) is 0 Å². The molecular formula is C23H36O4Si. The lowest BCUT2D eigenvalue weighted by molar-refractivity contribution is -0.133. The van der Waals surface area contributed by atoms with Crippen LogP contribution in [0.4, 0.5) is 0 Å². The number of carbonyl (C=O) groups excluding carboxylic acids is 1. The van der Waals surface area contributed by atoms with Crippen LogP contribution in [0.2, 0.25) is 18.1 Å². The van der Waals surface area contributed by atoms with E-state index in [4.69, 9.17) is 13.9 Å². The quantitative estimate of drug-likeness (QED) is 0.360. The molecule has 1 atom stereocenters. The predicted molar refractivity (Wildman–Crippen MR) is 116 cm³/mol. The molecule has 0 aromatic heterocycles. The van der Waals surface area contributed by atoms with E-state index in [0.29, 0.717) is 26.1 Å². The molecule has 1 fully saturated rings. The molecule has 1 unspecified atom stereocenters. The fourth-order valence-electron chi connectivity index (χ4n) is 2.65. The Labute approximate surface area is 172 Å². The first-order chi connectivity index (χ1) is 13.1. The molecule has 4 nitrogen and oxygen atoms in total. The van der Waals surface area contributed by atoms with Crippen molar-refractivity contribution in [2.24, 2.45) is 0 Å². The molecule has 156 valence electrons. The molecular weight excluding hydrogens is 368 g/mol. The molecule has 0 N–H and O–H groups in total. The number of carbonyl (C=O) groups is 1. The van der Waals surface area contributed by atoms with Crippen molar-refractivity contribution in [1.29, 1.82) is 0 Å². The van der Waals surface area contributed by atoms with Crippen molar-refractivity contribution in [2.45, 2.75) is 90.3 Å². The molecule has 1 rings (SSSR count). The molecule has 0 aromatic carbocycles. The average molecular weight is 405 g/mol. The van der Waals surface area contributed by atoms with Crippen molar-refractivity contribution in [3.63, 3.8) is 0 Å². The topological polar surface area (TPSA) is 44.8 Å². The second-order valence-corrected chi connectivity index (χ2v) is 13.2. The molecule has 0 heterocycles. The molecule has 28 heavy (non-hydrogen) atoms. The van der Waals surface area contributed by atoms with E-state index in [1.165, 1.54) is 0 Å². The Hall–Kier alpha value is -1.37. The lowest BCUT2D eigenvalue weighted by Crippen LogP contribution is -2.54. The Morgan fingerprint density at radius 3 is 2.25 bits per heavy atom. The first-order valence-corrected chi connectivity index (χ1v) is 13.1. The van der Waals surface area contributed by atoms with Gasteiger partial charge in [-0.25, -0.2) is 0 Å². The average Bonchev–Trinajstić information content (AvgIpc) is 2.59. The summed E-state index contributed by atoms with van der Waals surface area (Å²) >= 11 is 0. The minimum atomic E-state index is -2.12. The van der Waals surface area contributed by atoms with E-state index in [1.807, 2.05) is 13.8 Å². The molecule has 1 aliphatic carbocycles. The van der Waals surface area contributed by atoms with E-state index < -0.39 is 20.2 Å². The number of Topliss-reactive ketones (excluding diaryl/α,β-unsaturated/α-hetero) is 1. The number of allylic oxidation sites excluding steroid dienone is 2. The first kappa shape index (κ1) is 24.7. The summed E-state index contributed by atoms with van der Waals surface area (Å²) in [4.78, 5) is 12.8. The smallest absolute Gasteiger partial charge is 0.222 e. The third-order valence-electron chi connectivity index (χ3n) is 5.23. The molecule has 0 bridgehead atoms. The number of rotatable bonds is 6. The van der Waals surface area contributed by atoms with Crippen LogP contribution in [-0.2, 0) is 18.7 Å². The molecule has 0 spiro atoms. The Morgan fingerprint density at radius 1 is 1.11 bits per heavy atom. The lowest BCUT2D eigenvalue weighted by atomic mass is 9.84. The summed E-state index contributed by atoms with van der Waals surface area (Å²) in [6, 6.07) is 0. The van der Waals surface area contributed by atoms with E-state index in [1.54, 1.807) is 12.2 Å². The van der Waals surface area contributed by atoms with Crippen molar-refractivity contribution >= 4 is 14.1 Å². The van der Waals surface area contributed by atoms with Crippen molar-refractivity contribution < 1.29 is 18.7 Å². The van der Waals surface area contributed by atoms with Gasteiger partial charge in [-0.2, -0.15) is 0 Å². The van der Waals surface area contributed by atoms with E-state index in [9.17, 15) is 4.79 Å². The molecule has 0 radical (unpaired) electrons. The lowest BCUT2D eigenvalue weighted by Gasteiger charge is -2.44. The summed E-state index contributed by atoms with van der Waals surface area (Å²) in [5, 5.41) is 0.0221. The van der Waals surface area contributed by atoms with Crippen LogP contribution < -0.4 is 0 Å². The maximum Gasteiger partial charge on any atom is 0.222 e. The highest BCUT2D eigenvalue weighted by atomic mass is 28.4. The van der Waals surface area contributed by atoms with E-state index in [2.05, 4.69) is 57.5 Å². The maximum absolute atomic E-state index is 12.8. The SMILES string of the molecule is CCOC(C#C/C=C\C#CC1(O[Si](C)(C)C(C)(C)C)CCCCC1=O)OCC. The van der Waals surface area contributed by atoms with Gasteiger partial charge in [-0.15, -0.1) is 0 Å². The van der Waals surface area contributed by atoms with E-state index in [-0.39, 0.29) is 10.8 Å². The van der Waals surface area contributed by atoms with Crippen molar-refractivity contribution in [3.8, 4) is 23.7 Å². The van der Waals surface area contributed by atoms with Crippen molar-refractivity contribution in [2.75, 3.05) is 13.2 Å².